The van der Waals surface area contributed by atoms with Gasteiger partial charge in [0.2, 0.25) is 5.78 Å². The maximum atomic E-state index is 13.7. The highest BCUT2D eigenvalue weighted by molar-refractivity contribution is 6.38. The molecule has 1 amide bonds. The van der Waals surface area contributed by atoms with Crippen LogP contribution in [-0.2, 0) is 23.9 Å². The molecule has 3 atom stereocenters. The molecule has 1 aliphatic carbocycles. The second-order valence-corrected chi connectivity index (χ2v) is 12.3. The van der Waals surface area contributed by atoms with Crippen molar-refractivity contribution in [3.63, 3.8) is 0 Å². The van der Waals surface area contributed by atoms with Gasteiger partial charge in [0.25, 0.3) is 0 Å². The van der Waals surface area contributed by atoms with Gasteiger partial charge in [-0.2, -0.15) is 0 Å². The summed E-state index contributed by atoms with van der Waals surface area (Å²) in [7, 11) is 0. The van der Waals surface area contributed by atoms with Crippen molar-refractivity contribution >= 4 is 23.4 Å². The highest BCUT2D eigenvalue weighted by atomic mass is 16.6. The molecule has 0 spiro atoms. The van der Waals surface area contributed by atoms with Crippen LogP contribution in [0, 0.1) is 5.92 Å². The molecule has 1 aliphatic heterocycles. The fourth-order valence-corrected chi connectivity index (χ4v) is 6.20. The average molecular weight is 574 g/mol. The van der Waals surface area contributed by atoms with Crippen LogP contribution in [0.25, 0.3) is 11.1 Å². The Labute approximate surface area is 249 Å². The maximum Gasteiger partial charge on any atom is 0.410 e. The minimum atomic E-state index is -0.788. The number of hydrogen-bond donors (Lipinski definition) is 0. The molecule has 2 aromatic rings. The molecule has 0 radical (unpaired) electrons. The fraction of sp³-hybridized carbons (Fsp3) is 0.486. The molecule has 0 bridgehead atoms. The summed E-state index contributed by atoms with van der Waals surface area (Å²) in [5.41, 5.74) is 4.02. The lowest BCUT2D eigenvalue weighted by Gasteiger charge is -2.26. The SMILES string of the molecule is C=CCCC(=O)C(=O)C(CCC)CC(=O)[C@@H]1CC(OC(C)(C)C)CN1C(=O)OCC1c2ccccc2-c2ccccc21. The number of fused-ring (bicyclic) bond motifs is 3. The number of amides is 1. The largest absolute Gasteiger partial charge is 0.448 e. The van der Waals surface area contributed by atoms with Gasteiger partial charge < -0.3 is 9.47 Å². The number of ether oxygens (including phenoxy) is 2. The van der Waals surface area contributed by atoms with Crippen molar-refractivity contribution < 1.29 is 28.7 Å². The van der Waals surface area contributed by atoms with Crippen molar-refractivity contribution in [2.75, 3.05) is 13.2 Å². The molecule has 2 unspecified atom stereocenters. The summed E-state index contributed by atoms with van der Waals surface area (Å²) in [4.78, 5) is 54.2. The van der Waals surface area contributed by atoms with Gasteiger partial charge >= 0.3 is 6.09 Å². The molecule has 4 rings (SSSR count). The predicted molar refractivity (Wildman–Crippen MR) is 162 cm³/mol. The van der Waals surface area contributed by atoms with E-state index < -0.39 is 35.2 Å². The van der Waals surface area contributed by atoms with Gasteiger partial charge in [0.1, 0.15) is 6.61 Å². The summed E-state index contributed by atoms with van der Waals surface area (Å²) in [5.74, 6) is -2.04. The molecule has 0 aromatic heterocycles. The number of hydrogen-bond acceptors (Lipinski definition) is 6. The standard InChI is InChI=1S/C35H43NO6/c1-6-8-18-31(37)33(39)23(13-7-2)19-32(38)30-20-24(42-35(3,4)5)21-36(30)34(40)41-22-29-27-16-11-9-14-25(27)26-15-10-12-17-28(26)29/h6,9-12,14-17,23-24,29-30H,1,7-8,13,18-22H2,2-5H3/t23?,24?,30-/m0/s1. The Bertz CT molecular complexity index is 1280. The molecule has 2 aromatic carbocycles. The zero-order valence-electron chi connectivity index (χ0n) is 25.3. The van der Waals surface area contributed by atoms with Gasteiger partial charge in [-0.15, -0.1) is 6.58 Å². The Kier molecular flexibility index (Phi) is 10.2. The third-order valence-corrected chi connectivity index (χ3v) is 8.03. The zero-order valence-corrected chi connectivity index (χ0v) is 25.3. The van der Waals surface area contributed by atoms with Crippen LogP contribution < -0.4 is 0 Å². The number of benzene rings is 2. The molecule has 1 heterocycles. The van der Waals surface area contributed by atoms with E-state index in [2.05, 4.69) is 30.8 Å². The van der Waals surface area contributed by atoms with Crippen LogP contribution in [0.5, 0.6) is 0 Å². The van der Waals surface area contributed by atoms with Gasteiger partial charge in [-0.3, -0.25) is 19.3 Å². The van der Waals surface area contributed by atoms with E-state index in [9.17, 15) is 19.2 Å². The Balaban J connectivity index is 1.50. The van der Waals surface area contributed by atoms with Crippen molar-refractivity contribution in [3.05, 3.63) is 72.3 Å². The lowest BCUT2D eigenvalue weighted by atomic mass is 9.87. The van der Waals surface area contributed by atoms with E-state index in [-0.39, 0.29) is 43.8 Å². The molecule has 0 saturated carbocycles. The van der Waals surface area contributed by atoms with E-state index in [0.29, 0.717) is 25.7 Å². The van der Waals surface area contributed by atoms with Crippen LogP contribution in [0.4, 0.5) is 4.79 Å². The first-order valence-corrected chi connectivity index (χ1v) is 15.0. The number of carbonyl (C=O) groups is 4. The molecular weight excluding hydrogens is 530 g/mol. The van der Waals surface area contributed by atoms with Gasteiger partial charge in [-0.05, 0) is 55.9 Å². The van der Waals surface area contributed by atoms with Gasteiger partial charge in [0.05, 0.1) is 24.3 Å². The lowest BCUT2D eigenvalue weighted by molar-refractivity contribution is -0.140. The molecule has 7 nitrogen and oxygen atoms in total. The maximum absolute atomic E-state index is 13.7. The van der Waals surface area contributed by atoms with Crippen molar-refractivity contribution in [1.82, 2.24) is 4.90 Å². The first kappa shape index (κ1) is 31.4. The van der Waals surface area contributed by atoms with Crippen molar-refractivity contribution in [2.45, 2.75) is 89.9 Å². The first-order valence-electron chi connectivity index (χ1n) is 15.0. The molecule has 2 aliphatic rings. The van der Waals surface area contributed by atoms with E-state index in [0.717, 1.165) is 22.3 Å². The van der Waals surface area contributed by atoms with Gasteiger partial charge in [-0.25, -0.2) is 4.79 Å². The molecule has 0 N–H and O–H groups in total. The predicted octanol–water partition coefficient (Wildman–Crippen LogP) is 6.67. The van der Waals surface area contributed by atoms with E-state index in [1.54, 1.807) is 6.08 Å². The Morgan fingerprint density at radius 1 is 1.02 bits per heavy atom. The Hall–Kier alpha value is -3.58. The molecule has 1 saturated heterocycles. The fourth-order valence-electron chi connectivity index (χ4n) is 6.20. The Morgan fingerprint density at radius 3 is 2.21 bits per heavy atom. The smallest absolute Gasteiger partial charge is 0.410 e. The molecule has 224 valence electrons. The number of carbonyl (C=O) groups excluding carboxylic acids is 4. The van der Waals surface area contributed by atoms with Crippen LogP contribution in [0.15, 0.2) is 61.2 Å². The second kappa shape index (κ2) is 13.6. The molecule has 1 fully saturated rings. The number of allylic oxidation sites excluding steroid dienone is 1. The minimum absolute atomic E-state index is 0.0907. The number of likely N-dealkylation sites (tertiary alicyclic amines) is 1. The lowest BCUT2D eigenvalue weighted by Crippen LogP contribution is -2.42. The van der Waals surface area contributed by atoms with E-state index >= 15 is 0 Å². The quantitative estimate of drug-likeness (QED) is 0.196. The van der Waals surface area contributed by atoms with Crippen LogP contribution in [0.1, 0.15) is 83.3 Å². The van der Waals surface area contributed by atoms with Crippen LogP contribution in [-0.4, -0.2) is 59.2 Å². The molecular formula is C35H43NO6. The molecule has 42 heavy (non-hydrogen) atoms. The number of rotatable bonds is 13. The summed E-state index contributed by atoms with van der Waals surface area (Å²) in [6.45, 7) is 11.7. The highest BCUT2D eigenvalue weighted by Crippen LogP contribution is 2.44. The third kappa shape index (κ3) is 7.24. The van der Waals surface area contributed by atoms with Crippen molar-refractivity contribution in [1.29, 1.82) is 0 Å². The van der Waals surface area contributed by atoms with E-state index in [4.69, 9.17) is 9.47 Å². The summed E-state index contributed by atoms with van der Waals surface area (Å²) in [5, 5.41) is 0. The molecule has 7 heteroatoms. The minimum Gasteiger partial charge on any atom is -0.448 e. The van der Waals surface area contributed by atoms with Gasteiger partial charge in [-0.1, -0.05) is 68.0 Å². The number of Topliss-reactive ketones (excluding diaryl/α,β-unsaturated/α-hetero) is 3. The monoisotopic (exact) mass is 573 g/mol. The highest BCUT2D eigenvalue weighted by Gasteiger charge is 2.43. The average Bonchev–Trinajstić information content (AvgIpc) is 3.52. The number of nitrogens with zero attached hydrogens (tertiary/aromatic N) is 1. The topological polar surface area (TPSA) is 90.0 Å². The van der Waals surface area contributed by atoms with Gasteiger partial charge in [0, 0.05) is 31.1 Å². The summed E-state index contributed by atoms with van der Waals surface area (Å²) >= 11 is 0. The number of ketones is 3. The summed E-state index contributed by atoms with van der Waals surface area (Å²) in [6.07, 6.45) is 2.51. The normalized spacial score (nSPS) is 18.7. The van der Waals surface area contributed by atoms with Crippen molar-refractivity contribution in [2.24, 2.45) is 5.92 Å². The first-order chi connectivity index (χ1) is 20.0. The van der Waals surface area contributed by atoms with Gasteiger partial charge in [0.15, 0.2) is 11.6 Å². The zero-order chi connectivity index (χ0) is 30.4. The summed E-state index contributed by atoms with van der Waals surface area (Å²) < 4.78 is 12.1. The second-order valence-electron chi connectivity index (χ2n) is 12.3. The Morgan fingerprint density at radius 2 is 1.64 bits per heavy atom. The van der Waals surface area contributed by atoms with Crippen LogP contribution in [0.2, 0.25) is 0 Å². The van der Waals surface area contributed by atoms with Crippen molar-refractivity contribution in [3.8, 4) is 11.1 Å². The van der Waals surface area contributed by atoms with Crippen LogP contribution >= 0.6 is 0 Å². The third-order valence-electron chi connectivity index (χ3n) is 8.03. The van der Waals surface area contributed by atoms with E-state index in [1.807, 2.05) is 52.0 Å². The van der Waals surface area contributed by atoms with Crippen LogP contribution in [0.3, 0.4) is 0 Å². The summed E-state index contributed by atoms with van der Waals surface area (Å²) in [6, 6.07) is 15.5. The van der Waals surface area contributed by atoms with E-state index in [1.165, 1.54) is 4.90 Å².